The van der Waals surface area contributed by atoms with Gasteiger partial charge in [-0.15, -0.1) is 13.2 Å². The van der Waals surface area contributed by atoms with Gasteiger partial charge >= 0.3 is 12.3 Å². The van der Waals surface area contributed by atoms with Crippen molar-refractivity contribution < 1.29 is 37.3 Å². The van der Waals surface area contributed by atoms with Crippen LogP contribution >= 0.6 is 0 Å². The molecule has 1 N–H and O–H groups in total. The lowest BCUT2D eigenvalue weighted by Gasteiger charge is -2.28. The molecule has 2 unspecified atom stereocenters. The smallest absolute Gasteiger partial charge is 0.466 e. The highest BCUT2D eigenvalue weighted by molar-refractivity contribution is 5.78. The number of rotatable bonds is 14. The van der Waals surface area contributed by atoms with Crippen molar-refractivity contribution in [1.29, 1.82) is 0 Å². The highest BCUT2D eigenvalue weighted by Crippen LogP contribution is 2.25. The van der Waals surface area contributed by atoms with E-state index in [9.17, 15) is 27.9 Å². The van der Waals surface area contributed by atoms with E-state index in [1.165, 1.54) is 18.2 Å². The molecule has 0 spiro atoms. The molecule has 1 fully saturated rings. The van der Waals surface area contributed by atoms with Crippen molar-refractivity contribution in [3.8, 4) is 5.75 Å². The first-order valence-corrected chi connectivity index (χ1v) is 11.7. The summed E-state index contributed by atoms with van der Waals surface area (Å²) in [4.78, 5) is 25.7. The summed E-state index contributed by atoms with van der Waals surface area (Å²) in [6.45, 7) is 2.81. The number of benzene rings is 1. The molecule has 1 heterocycles. The van der Waals surface area contributed by atoms with E-state index in [2.05, 4.69) is 4.74 Å². The lowest BCUT2D eigenvalue weighted by molar-refractivity contribution is -0.274. The van der Waals surface area contributed by atoms with Crippen molar-refractivity contribution in [2.45, 2.75) is 89.6 Å². The number of esters is 1. The number of carbonyl (C=O) groups is 2. The average molecular weight is 474 g/mol. The quantitative estimate of drug-likeness (QED) is 0.394. The first kappa shape index (κ1) is 27.0. The molecule has 33 heavy (non-hydrogen) atoms. The first-order chi connectivity index (χ1) is 15.7. The minimum Gasteiger partial charge on any atom is -0.466 e. The average Bonchev–Trinajstić information content (AvgIpc) is 3.15. The van der Waals surface area contributed by atoms with E-state index >= 15 is 0 Å². The van der Waals surface area contributed by atoms with Gasteiger partial charge in [0.25, 0.3) is 0 Å². The van der Waals surface area contributed by atoms with Gasteiger partial charge in [-0.05, 0) is 76.0 Å². The molecule has 0 radical (unpaired) electrons. The van der Waals surface area contributed by atoms with Gasteiger partial charge in [-0.1, -0.05) is 12.1 Å². The zero-order valence-corrected chi connectivity index (χ0v) is 19.1. The maximum absolute atomic E-state index is 12.4. The lowest BCUT2D eigenvalue weighted by Crippen LogP contribution is -2.37. The molecule has 1 aliphatic heterocycles. The number of hydrogen-bond acceptors (Lipinski definition) is 5. The molecular weight excluding hydrogens is 439 g/mol. The molecule has 186 valence electrons. The van der Waals surface area contributed by atoms with Crippen LogP contribution in [0.15, 0.2) is 24.3 Å². The molecule has 1 aromatic carbocycles. The maximum atomic E-state index is 12.4. The standard InChI is InChI=1S/C24H34F3NO5/c1-2-32-23(31)13-5-9-19(28-16-6-12-22(28)30)14-15-20(29)10-3-7-18-8-4-11-21(17-18)33-24(25,26)27/h4,8,11,17,19-20,29H,2-3,5-7,9-10,12-16H2,1H3. The summed E-state index contributed by atoms with van der Waals surface area (Å²) in [6.07, 6.45) is 0.509. The highest BCUT2D eigenvalue weighted by atomic mass is 19.4. The third-order valence-electron chi connectivity index (χ3n) is 5.74. The fourth-order valence-corrected chi connectivity index (χ4v) is 4.20. The number of aryl methyl sites for hydroxylation is 1. The second kappa shape index (κ2) is 13.4. The molecule has 0 aromatic heterocycles. The van der Waals surface area contributed by atoms with E-state index in [1.807, 2.05) is 4.90 Å². The van der Waals surface area contributed by atoms with Gasteiger partial charge in [0.1, 0.15) is 5.75 Å². The van der Waals surface area contributed by atoms with Gasteiger partial charge in [0.2, 0.25) is 5.91 Å². The van der Waals surface area contributed by atoms with Crippen LogP contribution in [0.1, 0.15) is 70.3 Å². The summed E-state index contributed by atoms with van der Waals surface area (Å²) in [7, 11) is 0. The van der Waals surface area contributed by atoms with E-state index in [-0.39, 0.29) is 23.7 Å². The number of aliphatic hydroxyl groups is 1. The molecule has 0 saturated carbocycles. The topological polar surface area (TPSA) is 76.1 Å². The summed E-state index contributed by atoms with van der Waals surface area (Å²) in [6, 6.07) is 5.85. The van der Waals surface area contributed by atoms with Crippen molar-refractivity contribution in [2.24, 2.45) is 0 Å². The van der Waals surface area contributed by atoms with Crippen LogP contribution in [0.5, 0.6) is 5.75 Å². The van der Waals surface area contributed by atoms with Crippen LogP contribution in [0, 0.1) is 0 Å². The molecule has 2 rings (SSSR count). The number of ether oxygens (including phenoxy) is 2. The van der Waals surface area contributed by atoms with Crippen LogP contribution in [-0.2, 0) is 20.7 Å². The van der Waals surface area contributed by atoms with Gasteiger partial charge in [0.05, 0.1) is 12.7 Å². The summed E-state index contributed by atoms with van der Waals surface area (Å²) in [5, 5.41) is 10.4. The minimum absolute atomic E-state index is 0.0136. The zero-order valence-electron chi connectivity index (χ0n) is 19.1. The molecule has 1 aromatic rings. The first-order valence-electron chi connectivity index (χ1n) is 11.7. The van der Waals surface area contributed by atoms with Crippen molar-refractivity contribution in [3.63, 3.8) is 0 Å². The van der Waals surface area contributed by atoms with Crippen LogP contribution in [0.2, 0.25) is 0 Å². The Morgan fingerprint density at radius 2 is 1.97 bits per heavy atom. The minimum atomic E-state index is -4.72. The molecule has 0 aliphatic carbocycles. The Morgan fingerprint density at radius 1 is 1.18 bits per heavy atom. The van der Waals surface area contributed by atoms with E-state index in [0.717, 1.165) is 6.42 Å². The van der Waals surface area contributed by atoms with Gasteiger partial charge in [0.15, 0.2) is 0 Å². The van der Waals surface area contributed by atoms with Crippen LogP contribution in [0.3, 0.4) is 0 Å². The predicted molar refractivity (Wildman–Crippen MR) is 117 cm³/mol. The summed E-state index contributed by atoms with van der Waals surface area (Å²) < 4.78 is 46.0. The second-order valence-corrected chi connectivity index (χ2v) is 8.36. The van der Waals surface area contributed by atoms with Crippen LogP contribution in [0.4, 0.5) is 13.2 Å². The number of amides is 1. The number of halogens is 3. The third kappa shape index (κ3) is 10.5. The van der Waals surface area contributed by atoms with Crippen molar-refractivity contribution in [3.05, 3.63) is 29.8 Å². The Bertz CT molecular complexity index is 756. The molecule has 1 saturated heterocycles. The monoisotopic (exact) mass is 473 g/mol. The normalized spacial score (nSPS) is 16.0. The fraction of sp³-hybridized carbons (Fsp3) is 0.667. The van der Waals surface area contributed by atoms with Crippen LogP contribution in [0.25, 0.3) is 0 Å². The molecule has 0 bridgehead atoms. The van der Waals surface area contributed by atoms with Gasteiger partial charge < -0.3 is 19.5 Å². The fourth-order valence-electron chi connectivity index (χ4n) is 4.20. The van der Waals surface area contributed by atoms with Gasteiger partial charge in [-0.25, -0.2) is 0 Å². The SMILES string of the molecule is CCOC(=O)CCCC(CCC(O)CCCc1cccc(OC(F)(F)F)c1)N1CCCC1=O. The summed E-state index contributed by atoms with van der Waals surface area (Å²) in [5.41, 5.74) is 0.712. The van der Waals surface area contributed by atoms with Gasteiger partial charge in [-0.2, -0.15) is 0 Å². The van der Waals surface area contributed by atoms with Gasteiger partial charge in [-0.3, -0.25) is 9.59 Å². The molecule has 1 aliphatic rings. The Hall–Kier alpha value is -2.29. The Balaban J connectivity index is 1.77. The van der Waals surface area contributed by atoms with Crippen molar-refractivity contribution >= 4 is 11.9 Å². The number of hydrogen-bond donors (Lipinski definition) is 1. The third-order valence-corrected chi connectivity index (χ3v) is 5.74. The summed E-state index contributed by atoms with van der Waals surface area (Å²) >= 11 is 0. The Labute approximate surface area is 193 Å². The highest BCUT2D eigenvalue weighted by Gasteiger charge is 2.31. The van der Waals surface area contributed by atoms with E-state index < -0.39 is 12.5 Å². The molecular formula is C24H34F3NO5. The molecule has 1 amide bonds. The number of alkyl halides is 3. The Morgan fingerprint density at radius 3 is 2.64 bits per heavy atom. The number of nitrogens with zero attached hydrogens (tertiary/aromatic N) is 1. The Kier molecular flexibility index (Phi) is 11.0. The zero-order chi connectivity index (χ0) is 24.3. The number of aliphatic hydroxyl groups excluding tert-OH is 1. The van der Waals surface area contributed by atoms with E-state index in [4.69, 9.17) is 4.74 Å². The van der Waals surface area contributed by atoms with Crippen LogP contribution in [-0.4, -0.2) is 53.5 Å². The second-order valence-electron chi connectivity index (χ2n) is 8.36. The predicted octanol–water partition coefficient (Wildman–Crippen LogP) is 4.77. The van der Waals surface area contributed by atoms with Crippen molar-refractivity contribution in [1.82, 2.24) is 4.90 Å². The molecule has 2 atom stereocenters. The summed E-state index contributed by atoms with van der Waals surface area (Å²) in [5.74, 6) is -0.373. The number of likely N-dealkylation sites (tertiary alicyclic amines) is 1. The molecule has 6 nitrogen and oxygen atoms in total. The molecule has 9 heteroatoms. The van der Waals surface area contributed by atoms with Gasteiger partial charge in [0, 0.05) is 25.4 Å². The van der Waals surface area contributed by atoms with Crippen LogP contribution < -0.4 is 4.74 Å². The van der Waals surface area contributed by atoms with E-state index in [0.29, 0.717) is 76.5 Å². The maximum Gasteiger partial charge on any atom is 0.573 e. The van der Waals surface area contributed by atoms with Crippen molar-refractivity contribution in [2.75, 3.05) is 13.2 Å². The lowest BCUT2D eigenvalue weighted by atomic mass is 9.98. The van der Waals surface area contributed by atoms with E-state index in [1.54, 1.807) is 13.0 Å². The number of carbonyl (C=O) groups excluding carboxylic acids is 2. The largest absolute Gasteiger partial charge is 0.573 e.